The molecule has 0 bridgehead atoms. The number of nitrogens with zero attached hydrogens (tertiary/aromatic N) is 1. The molecule has 0 amide bonds. The second kappa shape index (κ2) is 7.23. The summed E-state index contributed by atoms with van der Waals surface area (Å²) in [5.74, 6) is -0.382. The Balaban J connectivity index is 2.41. The number of hydrogen-bond donors (Lipinski definition) is 0. The summed E-state index contributed by atoms with van der Waals surface area (Å²) in [6.45, 7) is 4.01. The van der Waals surface area contributed by atoms with Gasteiger partial charge in [-0.1, -0.05) is 25.4 Å². The summed E-state index contributed by atoms with van der Waals surface area (Å²) in [6.07, 6.45) is 2.57. The number of carbonyl (C=O) groups is 2. The molecule has 1 fully saturated rings. The minimum Gasteiger partial charge on any atom is -0.299 e. The Morgan fingerprint density at radius 2 is 1.92 bits per heavy atom. The van der Waals surface area contributed by atoms with E-state index in [-0.39, 0.29) is 47.6 Å². The summed E-state index contributed by atoms with van der Waals surface area (Å²) in [5, 5.41) is 0.340. The Kier molecular flexibility index (Phi) is 5.71. The zero-order valence-electron chi connectivity index (χ0n) is 14.1. The molecule has 1 aromatic carbocycles. The van der Waals surface area contributed by atoms with Crippen LogP contribution in [0.15, 0.2) is 18.2 Å². The monoisotopic (exact) mass is 371 g/mol. The maximum absolute atomic E-state index is 12.6. The van der Waals surface area contributed by atoms with Crippen molar-refractivity contribution in [3.05, 3.63) is 28.8 Å². The topological polar surface area (TPSA) is 71.5 Å². The van der Waals surface area contributed by atoms with E-state index >= 15 is 0 Å². The Morgan fingerprint density at radius 3 is 2.42 bits per heavy atom. The molecule has 7 heteroatoms. The van der Waals surface area contributed by atoms with Crippen molar-refractivity contribution in [1.82, 2.24) is 0 Å². The van der Waals surface area contributed by atoms with Gasteiger partial charge in [0.2, 0.25) is 10.0 Å². The smallest absolute Gasteiger partial charge is 0.232 e. The molecule has 0 saturated heterocycles. The van der Waals surface area contributed by atoms with Gasteiger partial charge in [-0.2, -0.15) is 0 Å². The molecular weight excluding hydrogens is 350 g/mol. The summed E-state index contributed by atoms with van der Waals surface area (Å²) in [7, 11) is -3.58. The lowest BCUT2D eigenvalue weighted by Gasteiger charge is -2.26. The van der Waals surface area contributed by atoms with Crippen LogP contribution in [0.5, 0.6) is 0 Å². The molecule has 0 heterocycles. The number of hydrogen-bond acceptors (Lipinski definition) is 4. The summed E-state index contributed by atoms with van der Waals surface area (Å²) < 4.78 is 25.6. The molecule has 5 nitrogen and oxygen atoms in total. The second-order valence-electron chi connectivity index (χ2n) is 6.69. The molecule has 1 aliphatic rings. The van der Waals surface area contributed by atoms with Crippen molar-refractivity contribution in [3.8, 4) is 0 Å². The molecule has 1 saturated carbocycles. The number of halogens is 1. The first kappa shape index (κ1) is 18.9. The van der Waals surface area contributed by atoms with Crippen LogP contribution in [0.4, 0.5) is 5.69 Å². The summed E-state index contributed by atoms with van der Waals surface area (Å²) in [5.41, 5.74) is 0.465. The molecule has 0 spiro atoms. The first-order chi connectivity index (χ1) is 11.1. The summed E-state index contributed by atoms with van der Waals surface area (Å²) >= 11 is 6.02. The van der Waals surface area contributed by atoms with Gasteiger partial charge in [0.15, 0.2) is 5.78 Å². The van der Waals surface area contributed by atoms with Crippen molar-refractivity contribution in [2.75, 3.05) is 17.1 Å². The molecule has 0 atom stereocenters. The average Bonchev–Trinajstić information content (AvgIpc) is 3.27. The number of ketones is 2. The van der Waals surface area contributed by atoms with E-state index in [1.54, 1.807) is 0 Å². The van der Waals surface area contributed by atoms with Gasteiger partial charge in [-0.3, -0.25) is 13.9 Å². The number of Topliss-reactive ketones (excluding diaryl/α,β-unsaturated/α-hetero) is 2. The fraction of sp³-hybridized carbons (Fsp3) is 0.529. The molecule has 2 rings (SSSR count). The van der Waals surface area contributed by atoms with Gasteiger partial charge < -0.3 is 0 Å². The maximum atomic E-state index is 12.6. The Labute approximate surface area is 148 Å². The van der Waals surface area contributed by atoms with Crippen molar-refractivity contribution in [2.24, 2.45) is 11.8 Å². The number of sulfonamides is 1. The number of carbonyl (C=O) groups excluding carboxylic acids is 2. The normalized spacial score (nSPS) is 14.7. The third kappa shape index (κ3) is 4.80. The van der Waals surface area contributed by atoms with Crippen molar-refractivity contribution >= 4 is 38.9 Å². The number of anilines is 1. The predicted octanol–water partition coefficient (Wildman–Crippen LogP) is 3.31. The molecule has 0 unspecified atom stereocenters. The van der Waals surface area contributed by atoms with Gasteiger partial charge in [0, 0.05) is 23.0 Å². The molecular formula is C17H22ClNO4S. The maximum Gasteiger partial charge on any atom is 0.232 e. The zero-order valence-corrected chi connectivity index (χ0v) is 15.7. The fourth-order valence-corrected chi connectivity index (χ4v) is 3.74. The number of rotatable bonds is 8. The first-order valence-corrected chi connectivity index (χ1v) is 10.2. The van der Waals surface area contributed by atoms with E-state index < -0.39 is 10.0 Å². The fourth-order valence-electron chi connectivity index (χ4n) is 2.49. The van der Waals surface area contributed by atoms with Gasteiger partial charge in [0.1, 0.15) is 5.78 Å². The van der Waals surface area contributed by atoms with Gasteiger partial charge in [0.25, 0.3) is 0 Å². The van der Waals surface area contributed by atoms with Gasteiger partial charge in [-0.05, 0) is 37.0 Å². The molecule has 0 N–H and O–H groups in total. The Bertz CT molecular complexity index is 754. The average molecular weight is 372 g/mol. The molecule has 24 heavy (non-hydrogen) atoms. The zero-order chi connectivity index (χ0) is 18.1. The highest BCUT2D eigenvalue weighted by atomic mass is 35.5. The third-order valence-electron chi connectivity index (χ3n) is 3.83. The van der Waals surface area contributed by atoms with Crippen LogP contribution in [-0.2, 0) is 14.8 Å². The van der Waals surface area contributed by atoms with Crippen LogP contribution in [0.25, 0.3) is 0 Å². The van der Waals surface area contributed by atoms with E-state index in [1.807, 2.05) is 13.8 Å². The van der Waals surface area contributed by atoms with Crippen LogP contribution in [0.1, 0.15) is 43.5 Å². The van der Waals surface area contributed by atoms with Crippen molar-refractivity contribution in [2.45, 2.75) is 33.1 Å². The van der Waals surface area contributed by atoms with E-state index in [0.717, 1.165) is 19.1 Å². The minimum absolute atomic E-state index is 0.00799. The predicted molar refractivity (Wildman–Crippen MR) is 95.2 cm³/mol. The van der Waals surface area contributed by atoms with Crippen LogP contribution < -0.4 is 4.31 Å². The van der Waals surface area contributed by atoms with Crippen LogP contribution in [0, 0.1) is 11.8 Å². The highest BCUT2D eigenvalue weighted by Crippen LogP contribution is 2.33. The van der Waals surface area contributed by atoms with Crippen molar-refractivity contribution in [3.63, 3.8) is 0 Å². The van der Waals surface area contributed by atoms with Gasteiger partial charge in [-0.15, -0.1) is 0 Å². The highest BCUT2D eigenvalue weighted by molar-refractivity contribution is 7.92. The standard InChI is InChI=1S/C17H22ClNO4S/c1-11(2)10-19(24(3,22)23)15-8-13(18)6-7-14(15)17(21)9-16(20)12-4-5-12/h6-8,11-12H,4-5,9-10H2,1-3H3. The Hall–Kier alpha value is -1.40. The molecule has 1 aromatic rings. The lowest BCUT2D eigenvalue weighted by molar-refractivity contribution is -0.119. The van der Waals surface area contributed by atoms with E-state index in [4.69, 9.17) is 11.6 Å². The molecule has 0 aliphatic heterocycles. The van der Waals surface area contributed by atoms with Crippen LogP contribution in [0.3, 0.4) is 0 Å². The van der Waals surface area contributed by atoms with Crippen LogP contribution in [-0.4, -0.2) is 32.8 Å². The van der Waals surface area contributed by atoms with E-state index in [2.05, 4.69) is 0 Å². The molecule has 0 aromatic heterocycles. The molecule has 1 aliphatic carbocycles. The number of benzene rings is 1. The molecule has 0 radical (unpaired) electrons. The lowest BCUT2D eigenvalue weighted by atomic mass is 10.0. The largest absolute Gasteiger partial charge is 0.299 e. The van der Waals surface area contributed by atoms with E-state index in [1.165, 1.54) is 22.5 Å². The first-order valence-electron chi connectivity index (χ1n) is 7.92. The van der Waals surface area contributed by atoms with Gasteiger partial charge in [-0.25, -0.2) is 8.42 Å². The van der Waals surface area contributed by atoms with E-state index in [0.29, 0.717) is 5.02 Å². The second-order valence-corrected chi connectivity index (χ2v) is 9.03. The van der Waals surface area contributed by atoms with Crippen molar-refractivity contribution < 1.29 is 18.0 Å². The third-order valence-corrected chi connectivity index (χ3v) is 5.21. The Morgan fingerprint density at radius 1 is 1.29 bits per heavy atom. The quantitative estimate of drug-likeness (QED) is 0.519. The highest BCUT2D eigenvalue weighted by Gasteiger charge is 2.32. The minimum atomic E-state index is -3.58. The SMILES string of the molecule is CC(C)CN(c1cc(Cl)ccc1C(=O)CC(=O)C1CC1)S(C)(=O)=O. The van der Waals surface area contributed by atoms with Crippen LogP contribution >= 0.6 is 11.6 Å². The van der Waals surface area contributed by atoms with Crippen LogP contribution in [0.2, 0.25) is 5.02 Å². The molecule has 132 valence electrons. The lowest BCUT2D eigenvalue weighted by Crippen LogP contribution is -2.34. The van der Waals surface area contributed by atoms with Crippen molar-refractivity contribution in [1.29, 1.82) is 0 Å². The van der Waals surface area contributed by atoms with Gasteiger partial charge in [0.05, 0.1) is 18.4 Å². The summed E-state index contributed by atoms with van der Waals surface area (Å²) in [4.78, 5) is 24.5. The van der Waals surface area contributed by atoms with Gasteiger partial charge >= 0.3 is 0 Å². The van der Waals surface area contributed by atoms with E-state index in [9.17, 15) is 18.0 Å². The summed E-state index contributed by atoms with van der Waals surface area (Å²) in [6, 6.07) is 4.51.